The average molecular weight is 438 g/mol. The molecule has 2 heterocycles. The fourth-order valence-electron chi connectivity index (χ4n) is 7.03. The molecule has 1 N–H and O–H groups in total. The molecule has 2 saturated heterocycles. The summed E-state index contributed by atoms with van der Waals surface area (Å²) in [5.41, 5.74) is -0.845. The van der Waals surface area contributed by atoms with Gasteiger partial charge in [0, 0.05) is 44.1 Å². The summed E-state index contributed by atoms with van der Waals surface area (Å²) in [4.78, 5) is 38.8. The lowest BCUT2D eigenvalue weighted by atomic mass is 9.66. The first-order valence-corrected chi connectivity index (χ1v) is 11.6. The van der Waals surface area contributed by atoms with Gasteiger partial charge < -0.3 is 24.2 Å². The summed E-state index contributed by atoms with van der Waals surface area (Å²) < 4.78 is 17.2. The minimum absolute atomic E-state index is 0.0119. The molecular weight excluding hydrogens is 402 g/mol. The van der Waals surface area contributed by atoms with Crippen molar-refractivity contribution in [3.8, 4) is 0 Å². The minimum Gasteiger partial charge on any atom is -0.462 e. The van der Waals surface area contributed by atoms with Crippen molar-refractivity contribution in [2.24, 2.45) is 29.1 Å². The third-order valence-electron chi connectivity index (χ3n) is 8.22. The van der Waals surface area contributed by atoms with Gasteiger partial charge in [-0.25, -0.2) is 0 Å². The predicted octanol–water partition coefficient (Wildman–Crippen LogP) is 1.53. The van der Waals surface area contributed by atoms with E-state index < -0.39 is 35.6 Å². The second-order valence-corrected chi connectivity index (χ2v) is 10.2. The highest BCUT2D eigenvalue weighted by Crippen LogP contribution is 2.58. The van der Waals surface area contributed by atoms with Crippen LogP contribution in [0.25, 0.3) is 0 Å². The summed E-state index contributed by atoms with van der Waals surface area (Å²) in [5, 5.41) is 11.8. The molecule has 0 spiro atoms. The van der Waals surface area contributed by atoms with Crippen molar-refractivity contribution in [2.45, 2.75) is 77.8 Å². The van der Waals surface area contributed by atoms with Crippen LogP contribution < -0.4 is 0 Å². The van der Waals surface area contributed by atoms with Crippen LogP contribution in [-0.2, 0) is 28.6 Å². The lowest BCUT2D eigenvalue weighted by molar-refractivity contribution is -0.165. The lowest BCUT2D eigenvalue weighted by Gasteiger charge is -2.43. The van der Waals surface area contributed by atoms with Crippen molar-refractivity contribution in [3.05, 3.63) is 0 Å². The van der Waals surface area contributed by atoms with Gasteiger partial charge in [0.2, 0.25) is 0 Å². The van der Waals surface area contributed by atoms with E-state index in [9.17, 15) is 19.5 Å². The zero-order valence-electron chi connectivity index (χ0n) is 18.9. The smallest absolute Gasteiger partial charge is 0.311 e. The second kappa shape index (κ2) is 8.35. The van der Waals surface area contributed by atoms with Crippen LogP contribution in [-0.4, -0.2) is 72.0 Å². The molecule has 0 radical (unpaired) electrons. The van der Waals surface area contributed by atoms with E-state index in [1.165, 1.54) is 13.8 Å². The van der Waals surface area contributed by atoms with Crippen LogP contribution in [0, 0.1) is 29.1 Å². The molecule has 2 unspecified atom stereocenters. The Labute approximate surface area is 183 Å². The van der Waals surface area contributed by atoms with Crippen molar-refractivity contribution < 1.29 is 33.7 Å². The van der Waals surface area contributed by atoms with Gasteiger partial charge in [-0.15, -0.1) is 0 Å². The number of likely N-dealkylation sites (tertiary alicyclic amines) is 1. The summed E-state index contributed by atoms with van der Waals surface area (Å²) in [6.45, 7) is 9.19. The molecule has 2 aliphatic carbocycles. The van der Waals surface area contributed by atoms with E-state index in [1.54, 1.807) is 0 Å². The molecule has 4 fully saturated rings. The third-order valence-corrected chi connectivity index (χ3v) is 8.22. The lowest BCUT2D eigenvalue weighted by Crippen LogP contribution is -2.52. The number of ether oxygens (including phenoxy) is 3. The van der Waals surface area contributed by atoms with Crippen molar-refractivity contribution >= 4 is 17.9 Å². The van der Waals surface area contributed by atoms with E-state index in [1.807, 2.05) is 13.8 Å². The van der Waals surface area contributed by atoms with Crippen LogP contribution >= 0.6 is 0 Å². The zero-order chi connectivity index (χ0) is 22.5. The quantitative estimate of drug-likeness (QED) is 0.522. The van der Waals surface area contributed by atoms with E-state index in [0.29, 0.717) is 19.4 Å². The molecule has 0 aromatic carbocycles. The Bertz CT molecular complexity index is 735. The van der Waals surface area contributed by atoms with Gasteiger partial charge in [-0.3, -0.25) is 14.4 Å². The summed E-state index contributed by atoms with van der Waals surface area (Å²) >= 11 is 0. The molecule has 31 heavy (non-hydrogen) atoms. The number of carbonyl (C=O) groups excluding carboxylic acids is 3. The van der Waals surface area contributed by atoms with Crippen LogP contribution in [0.1, 0.15) is 53.4 Å². The molecule has 0 amide bonds. The molecule has 9 atom stereocenters. The Hall–Kier alpha value is -1.67. The predicted molar refractivity (Wildman–Crippen MR) is 110 cm³/mol. The highest BCUT2D eigenvalue weighted by atomic mass is 16.6. The molecule has 8 nitrogen and oxygen atoms in total. The van der Waals surface area contributed by atoms with Crippen LogP contribution in [0.3, 0.4) is 0 Å². The normalized spacial score (nSPS) is 44.9. The highest BCUT2D eigenvalue weighted by Gasteiger charge is 2.67. The number of carbonyl (C=O) groups is 3. The van der Waals surface area contributed by atoms with Gasteiger partial charge in [-0.05, 0) is 38.3 Å². The highest BCUT2D eigenvalue weighted by molar-refractivity contribution is 5.76. The summed E-state index contributed by atoms with van der Waals surface area (Å²) in [5.74, 6) is -2.03. The molecular formula is C23H35NO7. The van der Waals surface area contributed by atoms with Crippen LogP contribution in [0.5, 0.6) is 0 Å². The standard InChI is InChI=1S/C23H35NO7/c1-12-9-16-19(15(22(28)31-16)11-24-7-5-6-8-24)21(27)23(4)18(30-14(3)26)10-17(20(12)23)29-13(2)25/h12,15-21,27H,5-11H2,1-4H3/t12-,15?,16+,17+,18+,19-,20?,21+,23-/m1/s1. The monoisotopic (exact) mass is 437 g/mol. The van der Waals surface area contributed by atoms with Crippen molar-refractivity contribution in [3.63, 3.8) is 0 Å². The number of nitrogens with zero attached hydrogens (tertiary/aromatic N) is 1. The fourth-order valence-corrected chi connectivity index (χ4v) is 7.03. The summed E-state index contributed by atoms with van der Waals surface area (Å²) in [7, 11) is 0. The Morgan fingerprint density at radius 1 is 1.16 bits per heavy atom. The molecule has 2 aliphatic heterocycles. The number of rotatable bonds is 4. The van der Waals surface area contributed by atoms with E-state index in [2.05, 4.69) is 4.90 Å². The SMILES string of the molecule is CC(=O)O[C@H]1C[C@H](OC(C)=O)[C@]2(C)C1[C@H](C)C[C@@H]1OC(=O)C(CN3CCCC3)[C@H]1[C@@H]2O. The molecule has 8 heteroatoms. The van der Waals surface area contributed by atoms with Gasteiger partial charge >= 0.3 is 17.9 Å². The fraction of sp³-hybridized carbons (Fsp3) is 0.870. The van der Waals surface area contributed by atoms with Crippen molar-refractivity contribution in [1.29, 1.82) is 0 Å². The van der Waals surface area contributed by atoms with Gasteiger partial charge in [0.25, 0.3) is 0 Å². The van der Waals surface area contributed by atoms with Gasteiger partial charge in [0.15, 0.2) is 0 Å². The molecule has 0 aromatic rings. The van der Waals surface area contributed by atoms with Crippen LogP contribution in [0.2, 0.25) is 0 Å². The van der Waals surface area contributed by atoms with Crippen molar-refractivity contribution in [2.75, 3.05) is 19.6 Å². The Balaban J connectivity index is 1.69. The molecule has 4 rings (SSSR count). The maximum absolute atomic E-state index is 12.8. The summed E-state index contributed by atoms with van der Waals surface area (Å²) in [6, 6.07) is 0. The molecule has 0 bridgehead atoms. The third kappa shape index (κ3) is 3.86. The largest absolute Gasteiger partial charge is 0.462 e. The van der Waals surface area contributed by atoms with E-state index in [4.69, 9.17) is 14.2 Å². The number of aliphatic hydroxyl groups is 1. The number of aliphatic hydroxyl groups excluding tert-OH is 1. The van der Waals surface area contributed by atoms with Gasteiger partial charge in [-0.2, -0.15) is 0 Å². The molecule has 174 valence electrons. The molecule has 0 aromatic heterocycles. The minimum atomic E-state index is -0.920. The average Bonchev–Trinajstić information content (AvgIpc) is 3.32. The van der Waals surface area contributed by atoms with E-state index >= 15 is 0 Å². The first-order chi connectivity index (χ1) is 14.6. The second-order valence-electron chi connectivity index (χ2n) is 10.2. The number of hydrogen-bond donors (Lipinski definition) is 1. The van der Waals surface area contributed by atoms with Crippen molar-refractivity contribution in [1.82, 2.24) is 4.90 Å². The Morgan fingerprint density at radius 3 is 2.42 bits per heavy atom. The first-order valence-electron chi connectivity index (χ1n) is 11.6. The molecule has 2 saturated carbocycles. The Morgan fingerprint density at radius 2 is 1.81 bits per heavy atom. The Kier molecular flexibility index (Phi) is 6.07. The molecule has 4 aliphatic rings. The maximum Gasteiger partial charge on any atom is 0.311 e. The van der Waals surface area contributed by atoms with Crippen LogP contribution in [0.4, 0.5) is 0 Å². The number of hydrogen-bond acceptors (Lipinski definition) is 8. The topological polar surface area (TPSA) is 102 Å². The van der Waals surface area contributed by atoms with E-state index in [-0.39, 0.29) is 35.8 Å². The summed E-state index contributed by atoms with van der Waals surface area (Å²) in [6.07, 6.45) is 0.822. The van der Waals surface area contributed by atoms with Gasteiger partial charge in [0.05, 0.1) is 12.0 Å². The van der Waals surface area contributed by atoms with Gasteiger partial charge in [0.1, 0.15) is 18.3 Å². The number of esters is 3. The zero-order valence-corrected chi connectivity index (χ0v) is 18.9. The van der Waals surface area contributed by atoms with E-state index in [0.717, 1.165) is 25.9 Å². The van der Waals surface area contributed by atoms with Crippen LogP contribution in [0.15, 0.2) is 0 Å². The van der Waals surface area contributed by atoms with Gasteiger partial charge in [-0.1, -0.05) is 13.8 Å². The maximum atomic E-state index is 12.8. The number of fused-ring (bicyclic) bond motifs is 2. The first kappa shape index (κ1) is 22.5.